The molecule has 0 unspecified atom stereocenters. The number of carbonyl (C=O) groups excluding carboxylic acids is 2. The van der Waals surface area contributed by atoms with E-state index in [1.54, 1.807) is 13.0 Å². The number of esters is 1. The lowest BCUT2D eigenvalue weighted by atomic mass is 9.86. The smallest absolute Gasteiger partial charge is 0.375 e. The Bertz CT molecular complexity index is 827. The second-order valence-electron chi connectivity index (χ2n) is 7.47. The van der Waals surface area contributed by atoms with Crippen LogP contribution in [0.15, 0.2) is 28.7 Å². The highest BCUT2D eigenvalue weighted by Gasteiger charge is 2.29. The average molecular weight is 387 g/mol. The second kappa shape index (κ2) is 9.24. The number of nitrogens with one attached hydrogen (secondary N) is 1. The predicted molar refractivity (Wildman–Crippen MR) is 106 cm³/mol. The van der Waals surface area contributed by atoms with Gasteiger partial charge in [0.25, 0.3) is 5.91 Å². The first-order valence-electron chi connectivity index (χ1n) is 10.1. The fraction of sp³-hybridized carbons (Fsp3) is 0.545. The van der Waals surface area contributed by atoms with E-state index >= 15 is 0 Å². The number of furan rings is 1. The largest absolute Gasteiger partial charge is 0.449 e. The molecule has 1 saturated carbocycles. The van der Waals surface area contributed by atoms with Crippen molar-refractivity contribution in [3.05, 3.63) is 35.6 Å². The minimum atomic E-state index is -0.894. The van der Waals surface area contributed by atoms with Crippen molar-refractivity contribution in [3.63, 3.8) is 0 Å². The van der Waals surface area contributed by atoms with Gasteiger partial charge in [-0.3, -0.25) is 4.79 Å². The minimum absolute atomic E-state index is 0.0975. The fourth-order valence-corrected chi connectivity index (χ4v) is 3.71. The number of hydrogen-bond donors (Lipinski definition) is 1. The summed E-state index contributed by atoms with van der Waals surface area (Å²) >= 11 is 0. The third-order valence-corrected chi connectivity index (χ3v) is 5.43. The summed E-state index contributed by atoms with van der Waals surface area (Å²) in [5, 5.41) is 3.85. The third-order valence-electron chi connectivity index (χ3n) is 5.43. The van der Waals surface area contributed by atoms with Gasteiger partial charge < -0.3 is 19.2 Å². The van der Waals surface area contributed by atoms with Gasteiger partial charge in [0.15, 0.2) is 6.10 Å². The Morgan fingerprint density at radius 3 is 2.75 bits per heavy atom. The molecule has 1 aromatic carbocycles. The van der Waals surface area contributed by atoms with Gasteiger partial charge in [-0.15, -0.1) is 0 Å². The van der Waals surface area contributed by atoms with E-state index in [4.69, 9.17) is 13.9 Å². The number of carbonyl (C=O) groups is 2. The lowest BCUT2D eigenvalue weighted by Crippen LogP contribution is -2.46. The number of fused-ring (bicyclic) bond motifs is 1. The molecule has 0 bridgehead atoms. The van der Waals surface area contributed by atoms with Gasteiger partial charge >= 0.3 is 5.97 Å². The molecule has 152 valence electrons. The first-order valence-corrected chi connectivity index (χ1v) is 10.1. The number of benzene rings is 1. The molecule has 3 rings (SSSR count). The topological polar surface area (TPSA) is 77.8 Å². The maximum atomic E-state index is 12.7. The predicted octanol–water partition coefficient (Wildman–Crippen LogP) is 4.21. The zero-order chi connectivity index (χ0) is 20.1. The molecular weight excluding hydrogens is 358 g/mol. The summed E-state index contributed by atoms with van der Waals surface area (Å²) in [4.78, 5) is 25.2. The Hall–Kier alpha value is -2.34. The molecule has 1 N–H and O–H groups in total. The van der Waals surface area contributed by atoms with Crippen LogP contribution in [-0.2, 0) is 20.9 Å². The van der Waals surface area contributed by atoms with Crippen molar-refractivity contribution in [2.75, 3.05) is 6.61 Å². The van der Waals surface area contributed by atoms with Gasteiger partial charge in [-0.1, -0.05) is 38.0 Å². The van der Waals surface area contributed by atoms with E-state index in [-0.39, 0.29) is 24.3 Å². The van der Waals surface area contributed by atoms with Crippen molar-refractivity contribution in [1.82, 2.24) is 5.32 Å². The van der Waals surface area contributed by atoms with Crippen LogP contribution in [0.25, 0.3) is 11.0 Å². The van der Waals surface area contributed by atoms with E-state index in [1.165, 1.54) is 6.42 Å². The molecule has 3 atom stereocenters. The molecular formula is C22H29NO5. The van der Waals surface area contributed by atoms with E-state index in [2.05, 4.69) is 12.2 Å². The standard InChI is InChI=1S/C22H29NO5/c1-4-26-13-17-16-10-6-8-12-19(16)28-20(17)22(25)27-15(3)21(24)23-18-11-7-5-9-14(18)2/h6,8,10,12,14-15,18H,4-5,7,9,11,13H2,1-3H3,(H,23,24)/t14-,15-,18-/m0/s1. The molecule has 1 fully saturated rings. The summed E-state index contributed by atoms with van der Waals surface area (Å²) in [6.07, 6.45) is 3.50. The Morgan fingerprint density at radius 1 is 1.25 bits per heavy atom. The van der Waals surface area contributed by atoms with E-state index < -0.39 is 12.1 Å². The normalized spacial score (nSPS) is 20.7. The summed E-state index contributed by atoms with van der Waals surface area (Å²) in [5.41, 5.74) is 1.24. The zero-order valence-corrected chi connectivity index (χ0v) is 16.8. The molecule has 1 amide bonds. The minimum Gasteiger partial charge on any atom is -0.449 e. The molecule has 6 heteroatoms. The Morgan fingerprint density at radius 2 is 2.00 bits per heavy atom. The van der Waals surface area contributed by atoms with Crippen LogP contribution in [0.4, 0.5) is 0 Å². The van der Waals surface area contributed by atoms with Crippen LogP contribution < -0.4 is 5.32 Å². The van der Waals surface area contributed by atoms with E-state index in [0.717, 1.165) is 24.6 Å². The van der Waals surface area contributed by atoms with Crippen LogP contribution in [0.3, 0.4) is 0 Å². The van der Waals surface area contributed by atoms with Crippen LogP contribution in [0, 0.1) is 5.92 Å². The summed E-state index contributed by atoms with van der Waals surface area (Å²) in [6, 6.07) is 7.53. The van der Waals surface area contributed by atoms with E-state index in [0.29, 0.717) is 23.7 Å². The van der Waals surface area contributed by atoms with Crippen molar-refractivity contribution < 1.29 is 23.5 Å². The Kier molecular flexibility index (Phi) is 6.73. The number of ether oxygens (including phenoxy) is 2. The molecule has 6 nitrogen and oxygen atoms in total. The quantitative estimate of drug-likeness (QED) is 0.720. The first kappa shape index (κ1) is 20.4. The average Bonchev–Trinajstić information content (AvgIpc) is 3.06. The summed E-state index contributed by atoms with van der Waals surface area (Å²) in [7, 11) is 0. The van der Waals surface area contributed by atoms with E-state index in [9.17, 15) is 9.59 Å². The summed E-state index contributed by atoms with van der Waals surface area (Å²) in [6.45, 7) is 6.39. The van der Waals surface area contributed by atoms with Gasteiger partial charge in [-0.2, -0.15) is 0 Å². The highest BCUT2D eigenvalue weighted by Crippen LogP contribution is 2.28. The van der Waals surface area contributed by atoms with Crippen molar-refractivity contribution in [2.45, 2.75) is 65.2 Å². The van der Waals surface area contributed by atoms with Gasteiger partial charge in [-0.05, 0) is 38.7 Å². The molecule has 1 aromatic heterocycles. The molecule has 0 radical (unpaired) electrons. The first-order chi connectivity index (χ1) is 13.5. The Labute approximate surface area is 165 Å². The molecule has 1 heterocycles. The number of para-hydroxylation sites is 1. The molecule has 1 aliphatic rings. The number of hydrogen-bond acceptors (Lipinski definition) is 5. The Balaban J connectivity index is 1.70. The highest BCUT2D eigenvalue weighted by molar-refractivity contribution is 5.97. The third kappa shape index (κ3) is 4.55. The summed E-state index contributed by atoms with van der Waals surface area (Å²) < 4.78 is 16.6. The van der Waals surface area contributed by atoms with E-state index in [1.807, 2.05) is 25.1 Å². The van der Waals surface area contributed by atoms with Crippen LogP contribution in [0.2, 0.25) is 0 Å². The summed E-state index contributed by atoms with van der Waals surface area (Å²) in [5.74, 6) is -0.381. The van der Waals surface area contributed by atoms with Gasteiger partial charge in [0.2, 0.25) is 5.76 Å². The van der Waals surface area contributed by atoms with Crippen molar-refractivity contribution in [3.8, 4) is 0 Å². The van der Waals surface area contributed by atoms with Crippen molar-refractivity contribution in [2.24, 2.45) is 5.92 Å². The lowest BCUT2D eigenvalue weighted by molar-refractivity contribution is -0.130. The highest BCUT2D eigenvalue weighted by atomic mass is 16.6. The SMILES string of the molecule is CCOCc1c(C(=O)O[C@@H](C)C(=O)N[C@H]2CCCC[C@@H]2C)oc2ccccc12. The van der Waals surface area contributed by atoms with Crippen LogP contribution in [0.1, 0.15) is 62.6 Å². The van der Waals surface area contributed by atoms with Gasteiger partial charge in [0.1, 0.15) is 5.58 Å². The second-order valence-corrected chi connectivity index (χ2v) is 7.47. The lowest BCUT2D eigenvalue weighted by Gasteiger charge is -2.30. The zero-order valence-electron chi connectivity index (χ0n) is 16.8. The van der Waals surface area contributed by atoms with Gasteiger partial charge in [0.05, 0.1) is 6.61 Å². The van der Waals surface area contributed by atoms with Crippen LogP contribution in [0.5, 0.6) is 0 Å². The maximum Gasteiger partial charge on any atom is 0.375 e. The fourth-order valence-electron chi connectivity index (χ4n) is 3.71. The van der Waals surface area contributed by atoms with Crippen molar-refractivity contribution >= 4 is 22.8 Å². The van der Waals surface area contributed by atoms with Crippen LogP contribution in [-0.4, -0.2) is 30.6 Å². The molecule has 1 aliphatic carbocycles. The maximum absolute atomic E-state index is 12.7. The van der Waals surface area contributed by atoms with Crippen molar-refractivity contribution in [1.29, 1.82) is 0 Å². The molecule has 2 aromatic rings. The molecule has 0 aliphatic heterocycles. The monoisotopic (exact) mass is 387 g/mol. The van der Waals surface area contributed by atoms with Gasteiger partial charge in [-0.25, -0.2) is 4.79 Å². The molecule has 0 saturated heterocycles. The number of amides is 1. The van der Waals surface area contributed by atoms with Gasteiger partial charge in [0, 0.05) is 23.6 Å². The molecule has 28 heavy (non-hydrogen) atoms. The molecule has 0 spiro atoms. The van der Waals surface area contributed by atoms with Crippen LogP contribution >= 0.6 is 0 Å². The number of rotatable bonds is 7.